The van der Waals surface area contributed by atoms with Gasteiger partial charge in [0.25, 0.3) is 5.91 Å². The summed E-state index contributed by atoms with van der Waals surface area (Å²) < 4.78 is 0. The van der Waals surface area contributed by atoms with E-state index in [0.29, 0.717) is 12.8 Å². The number of carbonyl (C=O) groups excluding carboxylic acids is 2. The fourth-order valence-corrected chi connectivity index (χ4v) is 1.63. The SMILES string of the molecule is CCC=CCC1(CC)C(=O)N=C([O-])NC1=O.[Na+]. The van der Waals surface area contributed by atoms with Gasteiger partial charge in [-0.1, -0.05) is 26.0 Å². The van der Waals surface area contributed by atoms with Crippen molar-refractivity contribution < 1.29 is 44.3 Å². The molecule has 1 aliphatic rings. The van der Waals surface area contributed by atoms with Crippen molar-refractivity contribution in [1.82, 2.24) is 5.32 Å². The first-order valence-corrected chi connectivity index (χ1v) is 5.33. The molecule has 0 aromatic rings. The zero-order chi connectivity index (χ0) is 12.2. The first kappa shape index (κ1) is 16.4. The molecule has 0 fully saturated rings. The van der Waals surface area contributed by atoms with Gasteiger partial charge in [-0.3, -0.25) is 9.59 Å². The molecule has 17 heavy (non-hydrogen) atoms. The number of aliphatic imine (C=N–C) groups is 1. The largest absolute Gasteiger partial charge is 1.00 e. The topological polar surface area (TPSA) is 81.6 Å². The number of hydrogen-bond donors (Lipinski definition) is 1. The number of nitrogens with zero attached hydrogens (tertiary/aromatic N) is 1. The maximum atomic E-state index is 11.7. The zero-order valence-corrected chi connectivity index (χ0v) is 12.4. The molecule has 0 bridgehead atoms. The van der Waals surface area contributed by atoms with E-state index < -0.39 is 23.3 Å². The maximum absolute atomic E-state index is 11.7. The summed E-state index contributed by atoms with van der Waals surface area (Å²) in [5.41, 5.74) is -1.19. The Morgan fingerprint density at radius 1 is 1.35 bits per heavy atom. The van der Waals surface area contributed by atoms with Crippen LogP contribution in [0, 0.1) is 5.41 Å². The van der Waals surface area contributed by atoms with E-state index in [0.717, 1.165) is 6.42 Å². The predicted octanol–water partition coefficient (Wildman–Crippen LogP) is -2.88. The van der Waals surface area contributed by atoms with E-state index >= 15 is 0 Å². The minimum atomic E-state index is -1.19. The number of nitrogens with one attached hydrogen (secondary N) is 1. The van der Waals surface area contributed by atoms with Gasteiger partial charge in [-0.05, 0) is 19.3 Å². The number of allylic oxidation sites excluding steroid dienone is 2. The van der Waals surface area contributed by atoms with Gasteiger partial charge >= 0.3 is 29.6 Å². The van der Waals surface area contributed by atoms with E-state index in [2.05, 4.69) is 10.3 Å². The molecule has 0 aliphatic carbocycles. The molecule has 0 aromatic heterocycles. The number of amides is 2. The minimum absolute atomic E-state index is 0. The van der Waals surface area contributed by atoms with Crippen LogP contribution in [0.4, 0.5) is 0 Å². The summed E-state index contributed by atoms with van der Waals surface area (Å²) in [6.07, 6.45) is 5.13. The van der Waals surface area contributed by atoms with E-state index in [1.165, 1.54) is 0 Å². The number of amidine groups is 1. The van der Waals surface area contributed by atoms with Crippen LogP contribution in [0.25, 0.3) is 0 Å². The second-order valence-electron chi connectivity index (χ2n) is 3.70. The summed E-state index contributed by atoms with van der Waals surface area (Å²) >= 11 is 0. The van der Waals surface area contributed by atoms with Crippen LogP contribution in [0.2, 0.25) is 0 Å². The third kappa shape index (κ3) is 3.40. The van der Waals surface area contributed by atoms with Crippen molar-refractivity contribution in [1.29, 1.82) is 0 Å². The van der Waals surface area contributed by atoms with Crippen LogP contribution in [0.15, 0.2) is 17.1 Å². The first-order valence-electron chi connectivity index (χ1n) is 5.33. The van der Waals surface area contributed by atoms with Gasteiger partial charge in [0.1, 0.15) is 5.41 Å². The van der Waals surface area contributed by atoms with Crippen LogP contribution >= 0.6 is 0 Å². The van der Waals surface area contributed by atoms with Crippen LogP contribution in [0.1, 0.15) is 33.1 Å². The number of rotatable bonds is 4. The summed E-state index contributed by atoms with van der Waals surface area (Å²) in [4.78, 5) is 26.7. The van der Waals surface area contributed by atoms with Crippen molar-refractivity contribution in [3.8, 4) is 0 Å². The molecule has 1 aliphatic heterocycles. The van der Waals surface area contributed by atoms with E-state index in [1.807, 2.05) is 13.0 Å². The molecule has 5 nitrogen and oxygen atoms in total. The fraction of sp³-hybridized carbons (Fsp3) is 0.545. The van der Waals surface area contributed by atoms with Crippen LogP contribution in [0.3, 0.4) is 0 Å². The molecule has 6 heteroatoms. The normalized spacial score (nSPS) is 24.2. The average Bonchev–Trinajstić information content (AvgIpc) is 2.22. The Bertz CT molecular complexity index is 366. The van der Waals surface area contributed by atoms with Gasteiger partial charge in [0, 0.05) is 0 Å². The van der Waals surface area contributed by atoms with Gasteiger partial charge in [0.2, 0.25) is 5.91 Å². The Labute approximate surface area is 123 Å². The predicted molar refractivity (Wildman–Crippen MR) is 57.4 cm³/mol. The van der Waals surface area contributed by atoms with Gasteiger partial charge in [-0.2, -0.15) is 0 Å². The Hall–Kier alpha value is -0.650. The van der Waals surface area contributed by atoms with Crippen LogP contribution < -0.4 is 40.0 Å². The Morgan fingerprint density at radius 2 is 2.00 bits per heavy atom. The number of carbonyl (C=O) groups is 2. The van der Waals surface area contributed by atoms with E-state index in [-0.39, 0.29) is 29.6 Å². The molecule has 88 valence electrons. The van der Waals surface area contributed by atoms with Gasteiger partial charge in [-0.25, -0.2) is 4.99 Å². The van der Waals surface area contributed by atoms with Gasteiger partial charge in [-0.15, -0.1) is 0 Å². The van der Waals surface area contributed by atoms with Gasteiger partial charge in [0.15, 0.2) is 0 Å². The summed E-state index contributed by atoms with van der Waals surface area (Å²) in [6, 6.07) is -0.862. The monoisotopic (exact) mass is 246 g/mol. The molecule has 0 spiro atoms. The molecular weight excluding hydrogens is 231 g/mol. The molecule has 0 radical (unpaired) electrons. The molecule has 0 aromatic carbocycles. The second-order valence-corrected chi connectivity index (χ2v) is 3.70. The van der Waals surface area contributed by atoms with Crippen LogP contribution in [-0.2, 0) is 9.59 Å². The Kier molecular flexibility index (Phi) is 6.67. The summed E-state index contributed by atoms with van der Waals surface area (Å²) in [5.74, 6) is -1.18. The first-order chi connectivity index (χ1) is 7.56. The third-order valence-electron chi connectivity index (χ3n) is 2.74. The van der Waals surface area contributed by atoms with Crippen molar-refractivity contribution in [2.45, 2.75) is 33.1 Å². The molecular formula is C11H15N2NaO3. The summed E-state index contributed by atoms with van der Waals surface area (Å²) in [6.45, 7) is 3.70. The summed E-state index contributed by atoms with van der Waals surface area (Å²) in [5, 5.41) is 13.0. The van der Waals surface area contributed by atoms with E-state index in [9.17, 15) is 14.7 Å². The van der Waals surface area contributed by atoms with Crippen molar-refractivity contribution in [3.05, 3.63) is 12.2 Å². The average molecular weight is 246 g/mol. The van der Waals surface area contributed by atoms with Crippen LogP contribution in [-0.4, -0.2) is 17.8 Å². The molecule has 1 unspecified atom stereocenters. The Morgan fingerprint density at radius 3 is 2.47 bits per heavy atom. The van der Waals surface area contributed by atoms with Crippen molar-refractivity contribution in [2.24, 2.45) is 10.4 Å². The second kappa shape index (κ2) is 6.93. The quantitative estimate of drug-likeness (QED) is 0.328. The summed E-state index contributed by atoms with van der Waals surface area (Å²) in [7, 11) is 0. The molecule has 0 saturated heterocycles. The number of hydrogen-bond acceptors (Lipinski definition) is 3. The molecule has 2 amide bonds. The van der Waals surface area contributed by atoms with E-state index in [4.69, 9.17) is 0 Å². The Balaban J connectivity index is 0.00000256. The van der Waals surface area contributed by atoms with Crippen molar-refractivity contribution >= 4 is 17.8 Å². The third-order valence-corrected chi connectivity index (χ3v) is 2.74. The minimum Gasteiger partial charge on any atom is -0.846 e. The van der Waals surface area contributed by atoms with Crippen molar-refractivity contribution in [2.75, 3.05) is 0 Å². The van der Waals surface area contributed by atoms with Gasteiger partial charge < -0.3 is 10.4 Å². The van der Waals surface area contributed by atoms with E-state index in [1.54, 1.807) is 13.0 Å². The fourth-order valence-electron chi connectivity index (χ4n) is 1.63. The zero-order valence-electron chi connectivity index (χ0n) is 10.4. The smallest absolute Gasteiger partial charge is 0.846 e. The van der Waals surface area contributed by atoms with Gasteiger partial charge in [0.05, 0.1) is 6.02 Å². The molecule has 1 atom stereocenters. The standard InChI is InChI=1S/C11H16N2O3.Na/c1-3-5-6-7-11(4-2)8(14)12-10(16)13-9(11)15;/h5-6H,3-4,7H2,1-2H3,(H2,12,13,14,15,16);/q;+1/p-1. The molecule has 1 rings (SSSR count). The maximum Gasteiger partial charge on any atom is 1.00 e. The van der Waals surface area contributed by atoms with Crippen molar-refractivity contribution in [3.63, 3.8) is 0 Å². The molecule has 1 heterocycles. The van der Waals surface area contributed by atoms with Crippen LogP contribution in [0.5, 0.6) is 0 Å². The molecule has 0 saturated carbocycles. The molecule has 1 N–H and O–H groups in total.